The van der Waals surface area contributed by atoms with Gasteiger partial charge in [0.1, 0.15) is 5.83 Å². The molecule has 2 unspecified atom stereocenters. The first-order valence-corrected chi connectivity index (χ1v) is 10.9. The normalized spacial score (nSPS) is 28.0. The molecular formula is C21H18F6O3S. The molecule has 1 aromatic carbocycles. The number of ether oxygens (including phenoxy) is 1. The molecule has 1 fully saturated rings. The molecule has 0 radical (unpaired) electrons. The van der Waals surface area contributed by atoms with Crippen molar-refractivity contribution in [2.75, 3.05) is 7.11 Å². The van der Waals surface area contributed by atoms with Crippen molar-refractivity contribution in [3.63, 3.8) is 0 Å². The predicted molar refractivity (Wildman–Crippen MR) is 100 cm³/mol. The second-order valence-corrected chi connectivity index (χ2v) is 10.1. The van der Waals surface area contributed by atoms with E-state index in [0.717, 1.165) is 38.2 Å². The molecule has 3 aliphatic rings. The average Bonchev–Trinajstić information content (AvgIpc) is 3.37. The Morgan fingerprint density at radius 3 is 2.19 bits per heavy atom. The van der Waals surface area contributed by atoms with Gasteiger partial charge in [0.05, 0.1) is 10.8 Å². The van der Waals surface area contributed by atoms with Crippen molar-refractivity contribution in [3.8, 4) is 0 Å². The maximum atomic E-state index is 14.8. The lowest BCUT2D eigenvalue weighted by Gasteiger charge is -2.27. The van der Waals surface area contributed by atoms with Gasteiger partial charge in [-0.3, -0.25) is 0 Å². The highest BCUT2D eigenvalue weighted by Crippen LogP contribution is 2.63. The van der Waals surface area contributed by atoms with E-state index in [2.05, 4.69) is 4.74 Å². The number of hydrogen-bond acceptors (Lipinski definition) is 3. The maximum absolute atomic E-state index is 14.8. The first-order valence-electron chi connectivity index (χ1n) is 9.46. The van der Waals surface area contributed by atoms with Gasteiger partial charge in [-0.15, -0.1) is 0 Å². The summed E-state index contributed by atoms with van der Waals surface area (Å²) in [6.07, 6.45) is 4.63. The van der Waals surface area contributed by atoms with Crippen LogP contribution < -0.4 is 0 Å². The van der Waals surface area contributed by atoms with Crippen molar-refractivity contribution in [2.45, 2.75) is 41.9 Å². The molecule has 0 aromatic heterocycles. The Balaban J connectivity index is 1.74. The van der Waals surface area contributed by atoms with Crippen LogP contribution in [0.15, 0.2) is 58.5 Å². The minimum atomic E-state index is -5.49. The van der Waals surface area contributed by atoms with E-state index in [9.17, 15) is 34.8 Å². The van der Waals surface area contributed by atoms with Crippen LogP contribution in [0, 0.1) is 11.3 Å². The summed E-state index contributed by atoms with van der Waals surface area (Å²) in [6, 6.07) is 4.16. The summed E-state index contributed by atoms with van der Waals surface area (Å²) < 4.78 is 109. The summed E-state index contributed by atoms with van der Waals surface area (Å²) in [7, 11) is -4.58. The Labute approximate surface area is 175 Å². The topological polar surface area (TPSA) is 43.4 Å². The SMILES string of the molecule is COC1(F)C=CC(C2=C(c3ccc(S(=O)(=O)C(F)(F)F)cc3)CC3(CC3)C2)C(F)=C1F. The molecule has 0 N–H and O–H groups in total. The van der Waals surface area contributed by atoms with Crippen molar-refractivity contribution < 1.29 is 39.5 Å². The van der Waals surface area contributed by atoms with Crippen LogP contribution in [0.1, 0.15) is 31.2 Å². The van der Waals surface area contributed by atoms with Crippen LogP contribution in [0.4, 0.5) is 26.3 Å². The van der Waals surface area contributed by atoms with Crippen LogP contribution in [0.3, 0.4) is 0 Å². The lowest BCUT2D eigenvalue weighted by Crippen LogP contribution is -2.29. The third kappa shape index (κ3) is 3.53. The zero-order chi connectivity index (χ0) is 22.8. The van der Waals surface area contributed by atoms with Gasteiger partial charge in [-0.05, 0) is 60.4 Å². The molecule has 0 aliphatic heterocycles. The molecule has 2 atom stereocenters. The van der Waals surface area contributed by atoms with Gasteiger partial charge in [0.15, 0.2) is 0 Å². The molecule has 3 aliphatic carbocycles. The lowest BCUT2D eigenvalue weighted by atomic mass is 9.86. The second kappa shape index (κ2) is 6.96. The molecule has 31 heavy (non-hydrogen) atoms. The zero-order valence-corrected chi connectivity index (χ0v) is 17.1. The fourth-order valence-corrected chi connectivity index (χ4v) is 5.01. The summed E-state index contributed by atoms with van der Waals surface area (Å²) in [5, 5.41) is 0. The fraction of sp³-hybridized carbons (Fsp3) is 0.429. The summed E-state index contributed by atoms with van der Waals surface area (Å²) >= 11 is 0. The molecule has 0 heterocycles. The summed E-state index contributed by atoms with van der Waals surface area (Å²) in [5.74, 6) is -7.12. The molecule has 0 saturated heterocycles. The molecule has 168 valence electrons. The predicted octanol–water partition coefficient (Wildman–Crippen LogP) is 5.96. The molecule has 1 saturated carbocycles. The quantitative estimate of drug-likeness (QED) is 0.408. The van der Waals surface area contributed by atoms with Gasteiger partial charge >= 0.3 is 5.51 Å². The number of halogens is 6. The lowest BCUT2D eigenvalue weighted by molar-refractivity contribution is -0.0679. The van der Waals surface area contributed by atoms with E-state index in [0.29, 0.717) is 29.6 Å². The molecule has 0 bridgehead atoms. The van der Waals surface area contributed by atoms with E-state index in [1.54, 1.807) is 0 Å². The van der Waals surface area contributed by atoms with Gasteiger partial charge in [-0.25, -0.2) is 17.2 Å². The van der Waals surface area contributed by atoms with Crippen LogP contribution in [0.2, 0.25) is 0 Å². The van der Waals surface area contributed by atoms with E-state index in [-0.39, 0.29) is 5.41 Å². The van der Waals surface area contributed by atoms with Gasteiger partial charge in [-0.1, -0.05) is 23.8 Å². The highest BCUT2D eigenvalue weighted by Gasteiger charge is 2.51. The van der Waals surface area contributed by atoms with Crippen LogP contribution in [0.25, 0.3) is 5.57 Å². The minimum absolute atomic E-state index is 0.127. The third-order valence-corrected chi connectivity index (χ3v) is 7.74. The van der Waals surface area contributed by atoms with Gasteiger partial charge < -0.3 is 4.74 Å². The molecular weight excluding hydrogens is 446 g/mol. The van der Waals surface area contributed by atoms with E-state index in [1.165, 1.54) is 18.2 Å². The van der Waals surface area contributed by atoms with Gasteiger partial charge in [0.25, 0.3) is 15.7 Å². The van der Waals surface area contributed by atoms with Gasteiger partial charge in [0.2, 0.25) is 5.83 Å². The highest BCUT2D eigenvalue weighted by atomic mass is 32.2. The number of methoxy groups -OCH3 is 1. The molecule has 1 spiro atoms. The standard InChI is InChI=1S/C21H18F6O3S/c1-30-20(24)7-6-14(17(22)18(20)23)16-11-19(8-9-19)10-15(16)12-2-4-13(5-3-12)31(28,29)21(25,26)27/h2-7,14H,8-11H2,1H3. The second-order valence-electron chi connectivity index (χ2n) is 8.18. The first kappa shape index (κ1) is 22.1. The van der Waals surface area contributed by atoms with E-state index < -0.39 is 43.7 Å². The Morgan fingerprint density at radius 1 is 1.06 bits per heavy atom. The monoisotopic (exact) mass is 464 g/mol. The Bertz CT molecular complexity index is 1110. The summed E-state index contributed by atoms with van der Waals surface area (Å²) in [6.45, 7) is 0. The Morgan fingerprint density at radius 2 is 1.68 bits per heavy atom. The van der Waals surface area contributed by atoms with Crippen LogP contribution in [0.5, 0.6) is 0 Å². The highest BCUT2D eigenvalue weighted by molar-refractivity contribution is 7.92. The average molecular weight is 464 g/mol. The Kier molecular flexibility index (Phi) is 4.97. The summed E-state index contributed by atoms with van der Waals surface area (Å²) in [4.78, 5) is -0.901. The van der Waals surface area contributed by atoms with Crippen LogP contribution >= 0.6 is 0 Å². The van der Waals surface area contributed by atoms with E-state index in [4.69, 9.17) is 0 Å². The van der Waals surface area contributed by atoms with Gasteiger partial charge in [0, 0.05) is 7.11 Å². The largest absolute Gasteiger partial charge is 0.501 e. The summed E-state index contributed by atoms with van der Waals surface area (Å²) in [5.41, 5.74) is -4.02. The van der Waals surface area contributed by atoms with Crippen LogP contribution in [-0.4, -0.2) is 26.9 Å². The fourth-order valence-electron chi connectivity index (χ4n) is 4.25. The van der Waals surface area contributed by atoms with Crippen molar-refractivity contribution >= 4 is 15.4 Å². The molecule has 0 amide bonds. The number of allylic oxidation sites excluding steroid dienone is 4. The number of alkyl halides is 4. The molecule has 1 aromatic rings. The first-order chi connectivity index (χ1) is 14.3. The van der Waals surface area contributed by atoms with Crippen molar-refractivity contribution in [2.24, 2.45) is 11.3 Å². The number of benzene rings is 1. The number of sulfone groups is 1. The van der Waals surface area contributed by atoms with E-state index >= 15 is 0 Å². The molecule has 3 nitrogen and oxygen atoms in total. The van der Waals surface area contributed by atoms with Crippen molar-refractivity contribution in [1.82, 2.24) is 0 Å². The van der Waals surface area contributed by atoms with E-state index in [1.807, 2.05) is 0 Å². The van der Waals surface area contributed by atoms with Crippen molar-refractivity contribution in [1.29, 1.82) is 0 Å². The molecule has 10 heteroatoms. The third-order valence-electron chi connectivity index (χ3n) is 6.24. The zero-order valence-electron chi connectivity index (χ0n) is 16.3. The van der Waals surface area contributed by atoms with Gasteiger partial charge in [-0.2, -0.15) is 17.6 Å². The number of rotatable bonds is 4. The van der Waals surface area contributed by atoms with Crippen LogP contribution in [-0.2, 0) is 14.6 Å². The Hall–Kier alpha value is -2.07. The molecule has 4 rings (SSSR count). The minimum Gasteiger partial charge on any atom is -0.341 e. The van der Waals surface area contributed by atoms with Crippen molar-refractivity contribution in [3.05, 3.63) is 59.2 Å². The smallest absolute Gasteiger partial charge is 0.341 e. The maximum Gasteiger partial charge on any atom is 0.501 e. The number of hydrogen-bond donors (Lipinski definition) is 0.